The van der Waals surface area contributed by atoms with Crippen molar-refractivity contribution in [3.8, 4) is 0 Å². The SMILES string of the molecule is C[C@H]1CCc2sc(C(=O)NN3CC[NH+](C)CC3)cc2C1. The Balaban J connectivity index is 1.63. The molecule has 110 valence electrons. The van der Waals surface area contributed by atoms with Crippen molar-refractivity contribution in [1.29, 1.82) is 0 Å². The van der Waals surface area contributed by atoms with Gasteiger partial charge < -0.3 is 4.90 Å². The third-order valence-electron chi connectivity index (χ3n) is 4.43. The Kier molecular flexibility index (Phi) is 4.10. The molecule has 1 aliphatic carbocycles. The smallest absolute Gasteiger partial charge is 0.275 e. The number of nitrogens with zero attached hydrogens (tertiary/aromatic N) is 1. The van der Waals surface area contributed by atoms with Crippen LogP contribution in [0, 0.1) is 5.92 Å². The van der Waals surface area contributed by atoms with Crippen LogP contribution in [0.3, 0.4) is 0 Å². The van der Waals surface area contributed by atoms with Crippen molar-refractivity contribution in [2.75, 3.05) is 33.2 Å². The summed E-state index contributed by atoms with van der Waals surface area (Å²) >= 11 is 1.69. The van der Waals surface area contributed by atoms with Crippen LogP contribution in [-0.4, -0.2) is 44.1 Å². The summed E-state index contributed by atoms with van der Waals surface area (Å²) in [6.45, 7) is 6.38. The second-order valence-corrected chi connectivity index (χ2v) is 7.43. The number of aryl methyl sites for hydroxylation is 1. The summed E-state index contributed by atoms with van der Waals surface area (Å²) in [5.74, 6) is 0.838. The number of nitrogens with one attached hydrogen (secondary N) is 2. The first-order valence-electron chi connectivity index (χ1n) is 7.60. The number of hydrogen-bond donors (Lipinski definition) is 2. The highest BCUT2D eigenvalue weighted by Gasteiger charge is 2.23. The number of hydrogen-bond acceptors (Lipinski definition) is 3. The molecule has 1 saturated heterocycles. The fourth-order valence-electron chi connectivity index (χ4n) is 3.02. The third kappa shape index (κ3) is 3.05. The number of hydrazine groups is 1. The van der Waals surface area contributed by atoms with Crippen LogP contribution in [-0.2, 0) is 12.8 Å². The van der Waals surface area contributed by atoms with Gasteiger partial charge in [0, 0.05) is 4.88 Å². The maximum atomic E-state index is 12.3. The molecule has 5 heteroatoms. The van der Waals surface area contributed by atoms with E-state index < -0.39 is 0 Å². The number of piperazine rings is 1. The van der Waals surface area contributed by atoms with Crippen LogP contribution in [0.2, 0.25) is 0 Å². The van der Waals surface area contributed by atoms with Gasteiger partial charge in [-0.15, -0.1) is 11.3 Å². The Morgan fingerprint density at radius 1 is 1.45 bits per heavy atom. The van der Waals surface area contributed by atoms with Crippen molar-refractivity contribution in [3.63, 3.8) is 0 Å². The minimum Gasteiger partial charge on any atom is -0.335 e. The predicted octanol–water partition coefficient (Wildman–Crippen LogP) is 0.348. The molecule has 1 aromatic rings. The lowest BCUT2D eigenvalue weighted by Gasteiger charge is -2.29. The van der Waals surface area contributed by atoms with E-state index in [9.17, 15) is 4.79 Å². The lowest BCUT2D eigenvalue weighted by Crippen LogP contribution is -3.12. The summed E-state index contributed by atoms with van der Waals surface area (Å²) in [5, 5.41) is 2.07. The summed E-state index contributed by atoms with van der Waals surface area (Å²) in [6.07, 6.45) is 3.54. The second-order valence-electron chi connectivity index (χ2n) is 6.29. The quantitative estimate of drug-likeness (QED) is 0.826. The summed E-state index contributed by atoms with van der Waals surface area (Å²) in [4.78, 5) is 16.2. The molecule has 0 spiro atoms. The van der Waals surface area contributed by atoms with Gasteiger partial charge in [-0.05, 0) is 36.8 Å². The maximum Gasteiger partial charge on any atom is 0.275 e. The number of carbonyl (C=O) groups is 1. The van der Waals surface area contributed by atoms with Crippen LogP contribution in [0.1, 0.15) is 33.5 Å². The molecule has 1 fully saturated rings. The van der Waals surface area contributed by atoms with Crippen LogP contribution in [0.15, 0.2) is 6.07 Å². The molecule has 2 N–H and O–H groups in total. The average Bonchev–Trinajstić information content (AvgIpc) is 2.84. The molecule has 1 atom stereocenters. The summed E-state index contributed by atoms with van der Waals surface area (Å²) in [6, 6.07) is 2.12. The van der Waals surface area contributed by atoms with Gasteiger partial charge in [0.1, 0.15) is 0 Å². The Morgan fingerprint density at radius 3 is 2.95 bits per heavy atom. The maximum absolute atomic E-state index is 12.3. The lowest BCUT2D eigenvalue weighted by atomic mass is 9.90. The van der Waals surface area contributed by atoms with Gasteiger partial charge in [0.05, 0.1) is 38.1 Å². The molecule has 0 saturated carbocycles. The van der Waals surface area contributed by atoms with Gasteiger partial charge in [-0.2, -0.15) is 0 Å². The van der Waals surface area contributed by atoms with Crippen LogP contribution in [0.4, 0.5) is 0 Å². The molecule has 0 bridgehead atoms. The van der Waals surface area contributed by atoms with Crippen molar-refractivity contribution in [2.45, 2.75) is 26.2 Å². The van der Waals surface area contributed by atoms with E-state index >= 15 is 0 Å². The normalized spacial score (nSPS) is 24.4. The number of rotatable bonds is 2. The average molecular weight is 294 g/mol. The molecule has 0 aromatic carbocycles. The standard InChI is InChI=1S/C15H23N3OS/c1-11-3-4-13-12(9-11)10-14(20-13)15(19)16-18-7-5-17(2)6-8-18/h10-11H,3-9H2,1-2H3,(H,16,19)/p+1/t11-/m0/s1. The van der Waals surface area contributed by atoms with Crippen LogP contribution < -0.4 is 10.3 Å². The first-order chi connectivity index (χ1) is 9.61. The highest BCUT2D eigenvalue weighted by atomic mass is 32.1. The molecular weight excluding hydrogens is 270 g/mol. The van der Waals surface area contributed by atoms with E-state index in [2.05, 4.69) is 30.5 Å². The Labute approximate surface area is 124 Å². The van der Waals surface area contributed by atoms with Crippen molar-refractivity contribution >= 4 is 17.2 Å². The first kappa shape index (κ1) is 14.0. The zero-order valence-corrected chi connectivity index (χ0v) is 13.2. The molecule has 20 heavy (non-hydrogen) atoms. The molecule has 1 aliphatic heterocycles. The minimum absolute atomic E-state index is 0.0802. The van der Waals surface area contributed by atoms with E-state index in [1.54, 1.807) is 11.3 Å². The molecule has 4 nitrogen and oxygen atoms in total. The van der Waals surface area contributed by atoms with Gasteiger partial charge in [-0.25, -0.2) is 5.01 Å². The van der Waals surface area contributed by atoms with Gasteiger partial charge in [0.25, 0.3) is 5.91 Å². The monoisotopic (exact) mass is 294 g/mol. The number of carbonyl (C=O) groups excluding carboxylic acids is 1. The van der Waals surface area contributed by atoms with Crippen molar-refractivity contribution in [2.24, 2.45) is 5.92 Å². The lowest BCUT2D eigenvalue weighted by molar-refractivity contribution is -0.884. The van der Waals surface area contributed by atoms with E-state index in [-0.39, 0.29) is 5.91 Å². The minimum atomic E-state index is 0.0802. The second kappa shape index (κ2) is 5.84. The number of fused-ring (bicyclic) bond motifs is 1. The van der Waals surface area contributed by atoms with Gasteiger partial charge in [-0.3, -0.25) is 10.2 Å². The fourth-order valence-corrected chi connectivity index (χ4v) is 4.11. The molecular formula is C15H24N3OS+. The summed E-state index contributed by atoms with van der Waals surface area (Å²) in [7, 11) is 2.20. The van der Waals surface area contributed by atoms with Crippen LogP contribution in [0.5, 0.6) is 0 Å². The zero-order chi connectivity index (χ0) is 14.1. The van der Waals surface area contributed by atoms with Gasteiger partial charge in [0.15, 0.2) is 0 Å². The summed E-state index contributed by atoms with van der Waals surface area (Å²) < 4.78 is 0. The fraction of sp³-hybridized carbons (Fsp3) is 0.667. The van der Waals surface area contributed by atoms with Gasteiger partial charge >= 0.3 is 0 Å². The van der Waals surface area contributed by atoms with E-state index in [1.165, 1.54) is 21.8 Å². The third-order valence-corrected chi connectivity index (χ3v) is 5.67. The van der Waals surface area contributed by atoms with Crippen LogP contribution in [0.25, 0.3) is 0 Å². The molecule has 1 aromatic heterocycles. The summed E-state index contributed by atoms with van der Waals surface area (Å²) in [5.41, 5.74) is 4.47. The zero-order valence-electron chi connectivity index (χ0n) is 12.4. The first-order valence-corrected chi connectivity index (χ1v) is 8.42. The molecule has 1 amide bonds. The topological polar surface area (TPSA) is 36.8 Å². The number of thiophene rings is 1. The molecule has 2 aliphatic rings. The number of likely N-dealkylation sites (N-methyl/N-ethyl adjacent to an activating group) is 1. The molecule has 3 rings (SSSR count). The highest BCUT2D eigenvalue weighted by molar-refractivity contribution is 7.14. The molecule has 0 unspecified atom stereocenters. The van der Waals surface area contributed by atoms with Gasteiger partial charge in [0.2, 0.25) is 0 Å². The Morgan fingerprint density at radius 2 is 2.20 bits per heavy atom. The number of amides is 1. The van der Waals surface area contributed by atoms with Crippen molar-refractivity contribution in [3.05, 3.63) is 21.4 Å². The van der Waals surface area contributed by atoms with Crippen LogP contribution >= 0.6 is 11.3 Å². The van der Waals surface area contributed by atoms with Crippen molar-refractivity contribution < 1.29 is 9.69 Å². The number of quaternary nitrogens is 1. The highest BCUT2D eigenvalue weighted by Crippen LogP contribution is 2.32. The van der Waals surface area contributed by atoms with E-state index in [1.807, 2.05) is 0 Å². The van der Waals surface area contributed by atoms with E-state index in [0.29, 0.717) is 0 Å². The largest absolute Gasteiger partial charge is 0.335 e. The molecule has 0 radical (unpaired) electrons. The predicted molar refractivity (Wildman–Crippen MR) is 81.2 cm³/mol. The molecule has 2 heterocycles. The van der Waals surface area contributed by atoms with E-state index in [4.69, 9.17) is 0 Å². The van der Waals surface area contributed by atoms with Gasteiger partial charge in [-0.1, -0.05) is 6.92 Å². The van der Waals surface area contributed by atoms with E-state index in [0.717, 1.165) is 49.8 Å². The Bertz CT molecular complexity index is 491. The Hall–Kier alpha value is -0.910. The van der Waals surface area contributed by atoms with Crippen molar-refractivity contribution in [1.82, 2.24) is 10.4 Å².